The maximum atomic E-state index is 9.29. The Balaban J connectivity index is 1.72. The van der Waals surface area contributed by atoms with Gasteiger partial charge in [-0.3, -0.25) is 0 Å². The third kappa shape index (κ3) is 2.56. The minimum atomic E-state index is 0.303. The molecule has 0 radical (unpaired) electrons. The number of aliphatic hydroxyl groups excluding tert-OH is 1. The van der Waals surface area contributed by atoms with E-state index < -0.39 is 0 Å². The van der Waals surface area contributed by atoms with Crippen molar-refractivity contribution in [1.82, 2.24) is 14.5 Å². The van der Waals surface area contributed by atoms with Crippen molar-refractivity contribution in [3.05, 3.63) is 17.7 Å². The van der Waals surface area contributed by atoms with Gasteiger partial charge in [0.05, 0.1) is 5.69 Å². The van der Waals surface area contributed by atoms with Crippen molar-refractivity contribution in [1.29, 1.82) is 0 Å². The van der Waals surface area contributed by atoms with Crippen LogP contribution >= 0.6 is 0 Å². The number of rotatable bonds is 3. The molecule has 1 N–H and O–H groups in total. The van der Waals surface area contributed by atoms with E-state index in [-0.39, 0.29) is 0 Å². The van der Waals surface area contributed by atoms with Gasteiger partial charge in [0.1, 0.15) is 5.82 Å². The number of aliphatic hydroxyl groups is 1. The molecule has 0 amide bonds. The second-order valence-corrected chi connectivity index (χ2v) is 6.40. The van der Waals surface area contributed by atoms with Crippen molar-refractivity contribution in [2.24, 2.45) is 5.92 Å². The molecular formula is C15H25N3O. The molecule has 1 fully saturated rings. The summed E-state index contributed by atoms with van der Waals surface area (Å²) in [6.07, 6.45) is 5.57. The van der Waals surface area contributed by atoms with Gasteiger partial charge in [-0.15, -0.1) is 0 Å². The second-order valence-electron chi connectivity index (χ2n) is 6.40. The van der Waals surface area contributed by atoms with Gasteiger partial charge in [0.25, 0.3) is 0 Å². The molecule has 0 spiro atoms. The van der Waals surface area contributed by atoms with E-state index in [0.29, 0.717) is 24.5 Å². The summed E-state index contributed by atoms with van der Waals surface area (Å²) in [4.78, 5) is 7.39. The van der Waals surface area contributed by atoms with Gasteiger partial charge in [-0.2, -0.15) is 0 Å². The summed E-state index contributed by atoms with van der Waals surface area (Å²) in [5.41, 5.74) is 1.27. The zero-order valence-electron chi connectivity index (χ0n) is 12.0. The smallest absolute Gasteiger partial charge is 0.108 e. The first-order valence-electron chi connectivity index (χ1n) is 7.58. The highest BCUT2D eigenvalue weighted by atomic mass is 16.3. The molecule has 19 heavy (non-hydrogen) atoms. The lowest BCUT2D eigenvalue weighted by Crippen LogP contribution is -2.27. The molecule has 3 rings (SSSR count). The summed E-state index contributed by atoms with van der Waals surface area (Å²) in [7, 11) is 0. The second kappa shape index (κ2) is 5.25. The Morgan fingerprint density at radius 1 is 1.37 bits per heavy atom. The largest absolute Gasteiger partial charge is 0.396 e. The van der Waals surface area contributed by atoms with Crippen LogP contribution in [0.5, 0.6) is 0 Å². The summed E-state index contributed by atoms with van der Waals surface area (Å²) in [5, 5.41) is 9.29. The van der Waals surface area contributed by atoms with Crippen LogP contribution in [0.15, 0.2) is 6.20 Å². The Bertz CT molecular complexity index is 441. The molecule has 3 heterocycles. The highest BCUT2D eigenvalue weighted by Gasteiger charge is 2.29. The van der Waals surface area contributed by atoms with E-state index in [2.05, 4.69) is 29.5 Å². The fraction of sp³-hybridized carbons (Fsp3) is 0.800. The van der Waals surface area contributed by atoms with Crippen LogP contribution in [0.4, 0.5) is 0 Å². The lowest BCUT2D eigenvalue weighted by Gasteiger charge is -2.21. The Labute approximate surface area is 115 Å². The molecule has 106 valence electrons. The van der Waals surface area contributed by atoms with E-state index in [1.54, 1.807) is 0 Å². The minimum absolute atomic E-state index is 0.303. The number of aryl methyl sites for hydroxylation is 1. The van der Waals surface area contributed by atoms with Gasteiger partial charge in [0, 0.05) is 50.2 Å². The van der Waals surface area contributed by atoms with Gasteiger partial charge in [0.15, 0.2) is 0 Å². The first-order chi connectivity index (χ1) is 9.17. The molecule has 2 atom stereocenters. The van der Waals surface area contributed by atoms with Gasteiger partial charge in [-0.05, 0) is 33.2 Å². The predicted octanol–water partition coefficient (Wildman–Crippen LogP) is 1.64. The number of hydrogen-bond acceptors (Lipinski definition) is 3. The third-order valence-corrected chi connectivity index (χ3v) is 4.74. The minimum Gasteiger partial charge on any atom is -0.396 e. The van der Waals surface area contributed by atoms with Gasteiger partial charge >= 0.3 is 0 Å². The zero-order valence-corrected chi connectivity index (χ0v) is 12.0. The number of imidazole rings is 1. The van der Waals surface area contributed by atoms with Gasteiger partial charge in [-0.25, -0.2) is 4.98 Å². The molecule has 2 unspecified atom stereocenters. The normalized spacial score (nSPS) is 28.0. The van der Waals surface area contributed by atoms with Crippen molar-refractivity contribution < 1.29 is 5.11 Å². The van der Waals surface area contributed by atoms with E-state index in [1.165, 1.54) is 24.5 Å². The molecule has 1 aromatic heterocycles. The lowest BCUT2D eigenvalue weighted by molar-refractivity contribution is 0.190. The molecule has 0 saturated carbocycles. The summed E-state index contributed by atoms with van der Waals surface area (Å²) in [6, 6.07) is 0.640. The molecule has 1 aromatic rings. The fourth-order valence-corrected chi connectivity index (χ4v) is 3.38. The standard InChI is InChI=1S/C15H25N3O/c1-11(2)17-6-5-13(8-17)14-9-18-7-12(10-19)3-4-15(18)16-14/h9,11-13,19H,3-8,10H2,1-2H3. The first-order valence-corrected chi connectivity index (χ1v) is 7.58. The van der Waals surface area contributed by atoms with E-state index in [9.17, 15) is 5.11 Å². The number of nitrogens with zero attached hydrogens (tertiary/aromatic N) is 3. The van der Waals surface area contributed by atoms with E-state index in [1.807, 2.05) is 0 Å². The summed E-state index contributed by atoms with van der Waals surface area (Å²) in [5.74, 6) is 2.25. The van der Waals surface area contributed by atoms with Crippen molar-refractivity contribution in [2.75, 3.05) is 19.7 Å². The highest BCUT2D eigenvalue weighted by Crippen LogP contribution is 2.29. The lowest BCUT2D eigenvalue weighted by atomic mass is 10.0. The monoisotopic (exact) mass is 263 g/mol. The Morgan fingerprint density at radius 2 is 2.21 bits per heavy atom. The molecule has 0 bridgehead atoms. The van der Waals surface area contributed by atoms with Gasteiger partial charge in [0.2, 0.25) is 0 Å². The maximum absolute atomic E-state index is 9.29. The first kappa shape index (κ1) is 13.1. The molecular weight excluding hydrogens is 238 g/mol. The molecule has 4 nitrogen and oxygen atoms in total. The van der Waals surface area contributed by atoms with Crippen LogP contribution in [0.1, 0.15) is 44.1 Å². The van der Waals surface area contributed by atoms with Gasteiger partial charge in [-0.1, -0.05) is 0 Å². The molecule has 1 saturated heterocycles. The summed E-state index contributed by atoms with van der Waals surface area (Å²) < 4.78 is 2.28. The average molecular weight is 263 g/mol. The Kier molecular flexibility index (Phi) is 3.63. The van der Waals surface area contributed by atoms with Crippen molar-refractivity contribution >= 4 is 0 Å². The fourth-order valence-electron chi connectivity index (χ4n) is 3.38. The Morgan fingerprint density at radius 3 is 2.89 bits per heavy atom. The van der Waals surface area contributed by atoms with Crippen LogP contribution in [0, 0.1) is 5.92 Å². The molecule has 0 aliphatic carbocycles. The number of likely N-dealkylation sites (tertiary alicyclic amines) is 1. The third-order valence-electron chi connectivity index (χ3n) is 4.74. The number of aromatic nitrogens is 2. The number of hydrogen-bond donors (Lipinski definition) is 1. The predicted molar refractivity (Wildman–Crippen MR) is 75.2 cm³/mol. The van der Waals surface area contributed by atoms with Crippen molar-refractivity contribution in [3.63, 3.8) is 0 Å². The van der Waals surface area contributed by atoms with Crippen LogP contribution in [0.25, 0.3) is 0 Å². The molecule has 2 aliphatic heterocycles. The van der Waals surface area contributed by atoms with E-state index >= 15 is 0 Å². The van der Waals surface area contributed by atoms with Crippen molar-refractivity contribution in [2.45, 2.75) is 51.6 Å². The number of fused-ring (bicyclic) bond motifs is 1. The highest BCUT2D eigenvalue weighted by molar-refractivity contribution is 5.14. The summed E-state index contributed by atoms with van der Waals surface area (Å²) in [6.45, 7) is 8.14. The maximum Gasteiger partial charge on any atom is 0.108 e. The van der Waals surface area contributed by atoms with Crippen molar-refractivity contribution in [3.8, 4) is 0 Å². The van der Waals surface area contributed by atoms with Crippen LogP contribution in [0.2, 0.25) is 0 Å². The van der Waals surface area contributed by atoms with E-state index in [0.717, 1.165) is 25.9 Å². The summed E-state index contributed by atoms with van der Waals surface area (Å²) >= 11 is 0. The molecule has 0 aromatic carbocycles. The quantitative estimate of drug-likeness (QED) is 0.901. The van der Waals surface area contributed by atoms with Crippen LogP contribution in [0.3, 0.4) is 0 Å². The van der Waals surface area contributed by atoms with Crippen LogP contribution in [-0.4, -0.2) is 45.3 Å². The van der Waals surface area contributed by atoms with Gasteiger partial charge < -0.3 is 14.6 Å². The Hall–Kier alpha value is -0.870. The zero-order chi connectivity index (χ0) is 13.4. The molecule has 4 heteroatoms. The van der Waals surface area contributed by atoms with Crippen LogP contribution < -0.4 is 0 Å². The SMILES string of the molecule is CC(C)N1CCC(c2cn3c(n2)CCC(CO)C3)C1. The van der Waals surface area contributed by atoms with E-state index in [4.69, 9.17) is 4.98 Å². The molecule has 2 aliphatic rings. The average Bonchev–Trinajstić information content (AvgIpc) is 3.04. The van der Waals surface area contributed by atoms with Crippen LogP contribution in [-0.2, 0) is 13.0 Å². The topological polar surface area (TPSA) is 41.3 Å².